The molecule has 0 atom stereocenters. The molecule has 2 aromatic rings. The fourth-order valence-corrected chi connectivity index (χ4v) is 3.44. The lowest BCUT2D eigenvalue weighted by atomic mass is 10.1. The molecule has 1 N–H and O–H groups in total. The van der Waals surface area contributed by atoms with Crippen molar-refractivity contribution in [1.29, 1.82) is 0 Å². The number of methoxy groups -OCH3 is 2. The monoisotopic (exact) mass is 514 g/mol. The van der Waals surface area contributed by atoms with Crippen LogP contribution in [0.25, 0.3) is 0 Å². The van der Waals surface area contributed by atoms with Gasteiger partial charge < -0.3 is 19.7 Å². The Bertz CT molecular complexity index is 802. The van der Waals surface area contributed by atoms with Crippen LogP contribution >= 0.6 is 24.0 Å². The molecule has 0 saturated carbocycles. The second-order valence-corrected chi connectivity index (χ2v) is 6.79. The van der Waals surface area contributed by atoms with E-state index in [-0.39, 0.29) is 24.0 Å². The van der Waals surface area contributed by atoms with Crippen molar-refractivity contribution >= 4 is 29.9 Å². The molecule has 0 bridgehead atoms. The number of nitrogens with zero attached hydrogens (tertiary/aromatic N) is 5. The van der Waals surface area contributed by atoms with E-state index >= 15 is 0 Å². The molecule has 8 nitrogen and oxygen atoms in total. The van der Waals surface area contributed by atoms with Gasteiger partial charge in [0, 0.05) is 58.6 Å². The van der Waals surface area contributed by atoms with Gasteiger partial charge in [-0.15, -0.1) is 24.0 Å². The first-order valence-corrected chi connectivity index (χ1v) is 9.50. The van der Waals surface area contributed by atoms with Crippen LogP contribution in [-0.4, -0.2) is 73.0 Å². The maximum atomic E-state index is 5.51. The molecule has 1 aromatic carbocycles. The number of ether oxygens (including phenoxy) is 2. The third kappa shape index (κ3) is 5.99. The minimum Gasteiger partial charge on any atom is -0.497 e. The molecule has 0 radical (unpaired) electrons. The molecule has 0 unspecified atom stereocenters. The van der Waals surface area contributed by atoms with E-state index in [4.69, 9.17) is 9.47 Å². The Morgan fingerprint density at radius 1 is 1.14 bits per heavy atom. The zero-order valence-electron chi connectivity index (χ0n) is 17.6. The summed E-state index contributed by atoms with van der Waals surface area (Å²) in [6.07, 6.45) is 1.81. The molecule has 0 spiro atoms. The Morgan fingerprint density at radius 2 is 1.90 bits per heavy atom. The number of piperazine rings is 1. The number of rotatable bonds is 6. The Hall–Kier alpha value is -2.01. The van der Waals surface area contributed by atoms with Gasteiger partial charge in [-0.25, -0.2) is 0 Å². The molecule has 1 aromatic heterocycles. The fraction of sp³-hybridized carbons (Fsp3) is 0.500. The maximum absolute atomic E-state index is 5.51. The SMILES string of the molecule is CN=C(NCc1ccnn1C)N1CCN(Cc2cc(OC)ccc2OC)CC1.I. The van der Waals surface area contributed by atoms with Crippen molar-refractivity contribution in [3.05, 3.63) is 41.7 Å². The number of guanidine groups is 1. The first-order chi connectivity index (χ1) is 13.6. The topological polar surface area (TPSA) is 67.2 Å². The van der Waals surface area contributed by atoms with Crippen LogP contribution in [0, 0.1) is 0 Å². The Labute approximate surface area is 189 Å². The van der Waals surface area contributed by atoms with E-state index in [1.165, 1.54) is 0 Å². The number of benzene rings is 1. The largest absolute Gasteiger partial charge is 0.497 e. The summed E-state index contributed by atoms with van der Waals surface area (Å²) in [7, 11) is 7.18. The summed E-state index contributed by atoms with van der Waals surface area (Å²) in [5.41, 5.74) is 2.28. The minimum atomic E-state index is 0. The van der Waals surface area contributed by atoms with Crippen LogP contribution in [0.3, 0.4) is 0 Å². The number of aliphatic imine (C=N–C) groups is 1. The van der Waals surface area contributed by atoms with Crippen LogP contribution in [0.4, 0.5) is 0 Å². The minimum absolute atomic E-state index is 0. The summed E-state index contributed by atoms with van der Waals surface area (Å²) >= 11 is 0. The number of nitrogens with one attached hydrogen (secondary N) is 1. The predicted octanol–water partition coefficient (Wildman–Crippen LogP) is 1.95. The van der Waals surface area contributed by atoms with Crippen LogP contribution in [0.1, 0.15) is 11.3 Å². The van der Waals surface area contributed by atoms with E-state index in [2.05, 4.69) is 31.3 Å². The van der Waals surface area contributed by atoms with Crippen molar-refractivity contribution in [1.82, 2.24) is 24.9 Å². The van der Waals surface area contributed by atoms with Crippen molar-refractivity contribution in [2.24, 2.45) is 12.0 Å². The van der Waals surface area contributed by atoms with Gasteiger partial charge in [0.25, 0.3) is 0 Å². The van der Waals surface area contributed by atoms with Crippen molar-refractivity contribution < 1.29 is 9.47 Å². The molecule has 160 valence electrons. The predicted molar refractivity (Wildman–Crippen MR) is 125 cm³/mol. The van der Waals surface area contributed by atoms with Gasteiger partial charge in [0.05, 0.1) is 26.5 Å². The van der Waals surface area contributed by atoms with Gasteiger partial charge in [0.1, 0.15) is 11.5 Å². The van der Waals surface area contributed by atoms with Crippen molar-refractivity contribution in [2.75, 3.05) is 47.4 Å². The average Bonchev–Trinajstić information content (AvgIpc) is 3.14. The first-order valence-electron chi connectivity index (χ1n) is 9.50. The summed E-state index contributed by atoms with van der Waals surface area (Å²) in [5.74, 6) is 2.69. The van der Waals surface area contributed by atoms with Crippen LogP contribution in [0.2, 0.25) is 0 Å². The van der Waals surface area contributed by atoms with E-state index in [9.17, 15) is 0 Å². The lowest BCUT2D eigenvalue weighted by Crippen LogP contribution is -2.52. The second-order valence-electron chi connectivity index (χ2n) is 6.79. The van der Waals surface area contributed by atoms with E-state index in [1.54, 1.807) is 14.2 Å². The van der Waals surface area contributed by atoms with Crippen molar-refractivity contribution in [2.45, 2.75) is 13.1 Å². The second kappa shape index (κ2) is 11.2. The van der Waals surface area contributed by atoms with Gasteiger partial charge >= 0.3 is 0 Å². The highest BCUT2D eigenvalue weighted by Crippen LogP contribution is 2.25. The standard InChI is InChI=1S/C20H30N6O2.HI/c1-21-20(22-14-17-7-8-23-24(17)2)26-11-9-25(10-12-26)15-16-13-18(27-3)5-6-19(16)28-4;/h5-8,13H,9-12,14-15H2,1-4H3,(H,21,22);1H. The van der Waals surface area contributed by atoms with Gasteiger partial charge in [-0.1, -0.05) is 0 Å². The molecule has 0 amide bonds. The summed E-state index contributed by atoms with van der Waals surface area (Å²) in [5, 5.41) is 7.65. The number of aryl methyl sites for hydroxylation is 1. The molecule has 9 heteroatoms. The van der Waals surface area contributed by atoms with Gasteiger partial charge in [-0.2, -0.15) is 5.10 Å². The highest BCUT2D eigenvalue weighted by Gasteiger charge is 2.21. The Kier molecular flexibility index (Phi) is 9.02. The fourth-order valence-electron chi connectivity index (χ4n) is 3.44. The summed E-state index contributed by atoms with van der Waals surface area (Å²) in [6.45, 7) is 5.34. The third-order valence-corrected chi connectivity index (χ3v) is 5.12. The summed E-state index contributed by atoms with van der Waals surface area (Å²) in [6, 6.07) is 7.96. The molecule has 3 rings (SSSR count). The number of halogens is 1. The maximum Gasteiger partial charge on any atom is 0.194 e. The Morgan fingerprint density at radius 3 is 2.48 bits per heavy atom. The van der Waals surface area contributed by atoms with E-state index in [1.807, 2.05) is 43.2 Å². The van der Waals surface area contributed by atoms with Crippen LogP contribution in [0.15, 0.2) is 35.5 Å². The van der Waals surface area contributed by atoms with Gasteiger partial charge in [-0.05, 0) is 24.3 Å². The van der Waals surface area contributed by atoms with Crippen LogP contribution in [0.5, 0.6) is 11.5 Å². The zero-order valence-corrected chi connectivity index (χ0v) is 19.9. The number of hydrogen-bond acceptors (Lipinski definition) is 5. The van der Waals surface area contributed by atoms with Gasteiger partial charge in [0.2, 0.25) is 0 Å². The zero-order chi connectivity index (χ0) is 19.9. The van der Waals surface area contributed by atoms with E-state index < -0.39 is 0 Å². The Balaban J connectivity index is 0.00000300. The molecular formula is C20H31IN6O2. The lowest BCUT2D eigenvalue weighted by molar-refractivity contribution is 0.171. The molecule has 1 aliphatic heterocycles. The molecule has 2 heterocycles. The van der Waals surface area contributed by atoms with Crippen LogP contribution < -0.4 is 14.8 Å². The molecular weight excluding hydrogens is 483 g/mol. The van der Waals surface area contributed by atoms with Crippen molar-refractivity contribution in [3.63, 3.8) is 0 Å². The normalized spacial score (nSPS) is 15.0. The molecule has 1 fully saturated rings. The first kappa shape index (κ1) is 23.3. The number of aromatic nitrogens is 2. The average molecular weight is 514 g/mol. The number of hydrogen-bond donors (Lipinski definition) is 1. The molecule has 1 saturated heterocycles. The summed E-state index contributed by atoms with van der Waals surface area (Å²) < 4.78 is 12.7. The quantitative estimate of drug-likeness (QED) is 0.361. The highest BCUT2D eigenvalue weighted by molar-refractivity contribution is 14.0. The van der Waals surface area contributed by atoms with E-state index in [0.29, 0.717) is 6.54 Å². The van der Waals surface area contributed by atoms with E-state index in [0.717, 1.165) is 61.4 Å². The van der Waals surface area contributed by atoms with Gasteiger partial charge in [-0.3, -0.25) is 14.6 Å². The smallest absolute Gasteiger partial charge is 0.194 e. The van der Waals surface area contributed by atoms with Gasteiger partial charge in [0.15, 0.2) is 5.96 Å². The molecule has 29 heavy (non-hydrogen) atoms. The highest BCUT2D eigenvalue weighted by atomic mass is 127. The molecule has 1 aliphatic rings. The lowest BCUT2D eigenvalue weighted by Gasteiger charge is -2.36. The van der Waals surface area contributed by atoms with Crippen molar-refractivity contribution in [3.8, 4) is 11.5 Å². The summed E-state index contributed by atoms with van der Waals surface area (Å²) in [4.78, 5) is 9.18. The van der Waals surface area contributed by atoms with Crippen LogP contribution in [-0.2, 0) is 20.1 Å². The third-order valence-electron chi connectivity index (χ3n) is 5.12. The molecule has 0 aliphatic carbocycles.